The van der Waals surface area contributed by atoms with Crippen LogP contribution in [0.1, 0.15) is 59.3 Å². The van der Waals surface area contributed by atoms with Crippen LogP contribution in [0.5, 0.6) is 0 Å². The third kappa shape index (κ3) is 4.98. The van der Waals surface area contributed by atoms with Crippen molar-refractivity contribution in [3.05, 3.63) is 0 Å². The molecule has 0 amide bonds. The molecule has 0 unspecified atom stereocenters. The van der Waals surface area contributed by atoms with Crippen LogP contribution in [0, 0.1) is 0 Å². The zero-order chi connectivity index (χ0) is 11.1. The lowest BCUT2D eigenvalue weighted by Crippen LogP contribution is -2.43. The fourth-order valence-corrected chi connectivity index (χ4v) is 2.46. The van der Waals surface area contributed by atoms with Gasteiger partial charge in [0.1, 0.15) is 0 Å². The van der Waals surface area contributed by atoms with Crippen molar-refractivity contribution in [3.8, 4) is 0 Å². The Morgan fingerprint density at radius 1 is 1.13 bits per heavy atom. The van der Waals surface area contributed by atoms with Crippen molar-refractivity contribution in [2.75, 3.05) is 6.54 Å². The van der Waals surface area contributed by atoms with E-state index in [4.69, 9.17) is 4.74 Å². The third-order valence-electron chi connectivity index (χ3n) is 3.12. The Labute approximate surface area is 94.8 Å². The van der Waals surface area contributed by atoms with Gasteiger partial charge in [0, 0.05) is 6.04 Å². The molecule has 0 aliphatic heterocycles. The second-order valence-electron chi connectivity index (χ2n) is 4.88. The minimum atomic E-state index is 0.357. The highest BCUT2D eigenvalue weighted by Crippen LogP contribution is 2.21. The fraction of sp³-hybridized carbons (Fsp3) is 1.00. The van der Waals surface area contributed by atoms with E-state index >= 15 is 0 Å². The highest BCUT2D eigenvalue weighted by molar-refractivity contribution is 4.79. The minimum absolute atomic E-state index is 0.357. The molecule has 1 aliphatic carbocycles. The Hall–Kier alpha value is -0.0800. The molecule has 2 nitrogen and oxygen atoms in total. The minimum Gasteiger partial charge on any atom is -0.374 e. The number of ether oxygens (including phenoxy) is 1. The summed E-state index contributed by atoms with van der Waals surface area (Å²) in [6.07, 6.45) is 8.78. The van der Waals surface area contributed by atoms with Gasteiger partial charge in [-0.05, 0) is 33.2 Å². The van der Waals surface area contributed by atoms with Gasteiger partial charge in [-0.1, -0.05) is 32.6 Å². The van der Waals surface area contributed by atoms with Gasteiger partial charge >= 0.3 is 0 Å². The summed E-state index contributed by atoms with van der Waals surface area (Å²) in [6.45, 7) is 7.53. The predicted molar refractivity (Wildman–Crippen MR) is 65.2 cm³/mol. The van der Waals surface area contributed by atoms with Crippen molar-refractivity contribution in [2.24, 2.45) is 0 Å². The van der Waals surface area contributed by atoms with E-state index in [0.717, 1.165) is 6.54 Å². The van der Waals surface area contributed by atoms with Crippen LogP contribution in [-0.2, 0) is 4.74 Å². The Kier molecular flexibility index (Phi) is 6.26. The lowest BCUT2D eigenvalue weighted by molar-refractivity contribution is -0.0236. The molecule has 2 heteroatoms. The second kappa shape index (κ2) is 7.24. The average Bonchev–Trinajstić information content (AvgIpc) is 2.15. The standard InChI is InChI=1S/C13H27NO/c1-4-14-12-9-7-5-6-8-10-13(12)15-11(2)3/h11-14H,4-10H2,1-3H3/t12-,13-/m0/s1. The Balaban J connectivity index is 2.47. The maximum atomic E-state index is 6.03. The van der Waals surface area contributed by atoms with E-state index in [9.17, 15) is 0 Å². The van der Waals surface area contributed by atoms with Crippen molar-refractivity contribution in [3.63, 3.8) is 0 Å². The summed E-state index contributed by atoms with van der Waals surface area (Å²) in [5.74, 6) is 0. The van der Waals surface area contributed by atoms with Gasteiger partial charge in [-0.3, -0.25) is 0 Å². The lowest BCUT2D eigenvalue weighted by atomic mass is 9.94. The van der Waals surface area contributed by atoms with E-state index in [1.165, 1.54) is 38.5 Å². The highest BCUT2D eigenvalue weighted by atomic mass is 16.5. The van der Waals surface area contributed by atoms with Crippen LogP contribution >= 0.6 is 0 Å². The Bertz CT molecular complexity index is 159. The zero-order valence-corrected chi connectivity index (χ0v) is 10.6. The number of rotatable bonds is 4. The van der Waals surface area contributed by atoms with Crippen LogP contribution in [0.15, 0.2) is 0 Å². The topological polar surface area (TPSA) is 21.3 Å². The van der Waals surface area contributed by atoms with Gasteiger partial charge < -0.3 is 10.1 Å². The second-order valence-corrected chi connectivity index (χ2v) is 4.88. The first-order chi connectivity index (χ1) is 7.24. The maximum absolute atomic E-state index is 6.03. The molecule has 1 rings (SSSR count). The van der Waals surface area contributed by atoms with Crippen LogP contribution in [0.4, 0.5) is 0 Å². The van der Waals surface area contributed by atoms with Gasteiger partial charge in [0.2, 0.25) is 0 Å². The van der Waals surface area contributed by atoms with Crippen molar-refractivity contribution in [1.29, 1.82) is 0 Å². The normalized spacial score (nSPS) is 28.8. The molecule has 0 spiro atoms. The molecule has 1 saturated carbocycles. The molecule has 1 fully saturated rings. The van der Waals surface area contributed by atoms with Crippen molar-refractivity contribution in [2.45, 2.75) is 77.5 Å². The molecule has 0 aromatic heterocycles. The van der Waals surface area contributed by atoms with Crippen LogP contribution in [0.25, 0.3) is 0 Å². The predicted octanol–water partition coefficient (Wildman–Crippen LogP) is 3.11. The molecule has 0 aromatic rings. The van der Waals surface area contributed by atoms with E-state index in [-0.39, 0.29) is 0 Å². The molecule has 0 aromatic carbocycles. The van der Waals surface area contributed by atoms with Crippen LogP contribution in [0.2, 0.25) is 0 Å². The van der Waals surface area contributed by atoms with Crippen LogP contribution in [-0.4, -0.2) is 24.8 Å². The summed E-state index contributed by atoms with van der Waals surface area (Å²) >= 11 is 0. The van der Waals surface area contributed by atoms with Crippen LogP contribution in [0.3, 0.4) is 0 Å². The molecule has 0 radical (unpaired) electrons. The summed E-state index contributed by atoms with van der Waals surface area (Å²) in [4.78, 5) is 0. The molecule has 0 heterocycles. The van der Waals surface area contributed by atoms with Gasteiger partial charge in [-0.2, -0.15) is 0 Å². The van der Waals surface area contributed by atoms with E-state index in [0.29, 0.717) is 18.2 Å². The van der Waals surface area contributed by atoms with Gasteiger partial charge in [-0.25, -0.2) is 0 Å². The number of hydrogen-bond donors (Lipinski definition) is 1. The van der Waals surface area contributed by atoms with E-state index in [1.807, 2.05) is 0 Å². The Morgan fingerprint density at radius 2 is 1.80 bits per heavy atom. The molecular formula is C13H27NO. The first-order valence-corrected chi connectivity index (χ1v) is 6.63. The molecule has 0 bridgehead atoms. The smallest absolute Gasteiger partial charge is 0.0731 e. The van der Waals surface area contributed by atoms with Crippen molar-refractivity contribution >= 4 is 0 Å². The maximum Gasteiger partial charge on any atom is 0.0731 e. The van der Waals surface area contributed by atoms with Gasteiger partial charge in [0.15, 0.2) is 0 Å². The first-order valence-electron chi connectivity index (χ1n) is 6.63. The number of nitrogens with one attached hydrogen (secondary N) is 1. The summed E-state index contributed by atoms with van der Waals surface area (Å²) in [5, 5.41) is 3.58. The van der Waals surface area contributed by atoms with Crippen molar-refractivity contribution < 1.29 is 4.74 Å². The first kappa shape index (κ1) is 13.0. The third-order valence-corrected chi connectivity index (χ3v) is 3.12. The summed E-state index contributed by atoms with van der Waals surface area (Å²) in [7, 11) is 0. The van der Waals surface area contributed by atoms with E-state index in [2.05, 4.69) is 26.1 Å². The zero-order valence-electron chi connectivity index (χ0n) is 10.6. The summed E-state index contributed by atoms with van der Waals surface area (Å²) in [6, 6.07) is 0.581. The van der Waals surface area contributed by atoms with Gasteiger partial charge in [-0.15, -0.1) is 0 Å². The molecular weight excluding hydrogens is 186 g/mol. The fourth-order valence-electron chi connectivity index (χ4n) is 2.46. The average molecular weight is 213 g/mol. The largest absolute Gasteiger partial charge is 0.374 e. The summed E-state index contributed by atoms with van der Waals surface area (Å²) < 4.78 is 6.03. The molecule has 1 N–H and O–H groups in total. The van der Waals surface area contributed by atoms with Crippen LogP contribution < -0.4 is 5.32 Å². The monoisotopic (exact) mass is 213 g/mol. The summed E-state index contributed by atoms with van der Waals surface area (Å²) in [5.41, 5.74) is 0. The van der Waals surface area contributed by atoms with Crippen molar-refractivity contribution in [1.82, 2.24) is 5.32 Å². The molecule has 90 valence electrons. The van der Waals surface area contributed by atoms with Gasteiger partial charge in [0.05, 0.1) is 12.2 Å². The number of likely N-dealkylation sites (N-methyl/N-ethyl adjacent to an activating group) is 1. The van der Waals surface area contributed by atoms with Gasteiger partial charge in [0.25, 0.3) is 0 Å². The quantitative estimate of drug-likeness (QED) is 0.775. The van der Waals surface area contributed by atoms with E-state index in [1.54, 1.807) is 0 Å². The lowest BCUT2D eigenvalue weighted by Gasteiger charge is -2.31. The Morgan fingerprint density at radius 3 is 2.40 bits per heavy atom. The number of hydrogen-bond acceptors (Lipinski definition) is 2. The SMILES string of the molecule is CCN[C@H]1CCCCCC[C@@H]1OC(C)C. The molecule has 2 atom stereocenters. The molecule has 1 aliphatic rings. The molecule has 15 heavy (non-hydrogen) atoms. The highest BCUT2D eigenvalue weighted by Gasteiger charge is 2.23. The molecule has 0 saturated heterocycles. The van der Waals surface area contributed by atoms with E-state index < -0.39 is 0 Å².